The Labute approximate surface area is 323 Å². The van der Waals surface area contributed by atoms with E-state index in [1.165, 1.54) is 43.8 Å². The Hall–Kier alpha value is -6.53. The monoisotopic (exact) mass is 700 g/mol. The van der Waals surface area contributed by atoms with Gasteiger partial charge in [0, 0.05) is 32.7 Å². The van der Waals surface area contributed by atoms with Gasteiger partial charge in [0.1, 0.15) is 50.4 Å². The summed E-state index contributed by atoms with van der Waals surface area (Å²) in [5, 5.41) is 4.34. The molecule has 10 rings (SSSR count). The quantitative estimate of drug-likeness (QED) is 0.260. The standard InChI is InChI=1S/C45H33B5N4O/c46-38-37(39(47)41(49)42(50)40(38)48)28-16-9-19-32-35(28)27-15-7-8-18-31(27)54(32)45-52-43(25-13-5-2-6-14-25)51-44(53-45)29-17-10-20-34-36(29)30-23-26(21-22-33(30)55-34)24-11-3-1-4-12-24/h1-23H,46-50H2. The average molecular weight is 700 g/mol. The number of hydrogen-bond donors (Lipinski definition) is 0. The van der Waals surface area contributed by atoms with Gasteiger partial charge in [-0.3, -0.25) is 4.57 Å². The highest BCUT2D eigenvalue weighted by Gasteiger charge is 2.23. The molecule has 0 aliphatic rings. The van der Waals surface area contributed by atoms with Gasteiger partial charge in [-0.05, 0) is 52.6 Å². The fourth-order valence-corrected chi connectivity index (χ4v) is 8.47. The van der Waals surface area contributed by atoms with Crippen molar-refractivity contribution in [2.24, 2.45) is 0 Å². The van der Waals surface area contributed by atoms with Crippen molar-refractivity contribution in [3.8, 4) is 51.0 Å². The molecule has 3 heterocycles. The Morgan fingerprint density at radius 2 is 1.04 bits per heavy atom. The Morgan fingerprint density at radius 1 is 0.418 bits per heavy atom. The van der Waals surface area contributed by atoms with Crippen LogP contribution in [0.15, 0.2) is 144 Å². The molecule has 0 aliphatic carbocycles. The number of furan rings is 1. The minimum Gasteiger partial charge on any atom is -0.456 e. The second-order valence-corrected chi connectivity index (χ2v) is 14.6. The van der Waals surface area contributed by atoms with Crippen molar-refractivity contribution in [3.05, 3.63) is 140 Å². The maximum atomic E-state index is 6.46. The molecule has 5 nitrogen and oxygen atoms in total. The summed E-state index contributed by atoms with van der Waals surface area (Å²) in [6.45, 7) is 0. The zero-order valence-electron chi connectivity index (χ0n) is 31.5. The topological polar surface area (TPSA) is 56.7 Å². The van der Waals surface area contributed by atoms with Crippen LogP contribution in [0.3, 0.4) is 0 Å². The van der Waals surface area contributed by atoms with E-state index >= 15 is 0 Å². The van der Waals surface area contributed by atoms with Crippen LogP contribution in [0.2, 0.25) is 0 Å². The van der Waals surface area contributed by atoms with Gasteiger partial charge in [0.05, 0.1) is 11.0 Å². The minimum absolute atomic E-state index is 0.562. The van der Waals surface area contributed by atoms with Crippen molar-refractivity contribution < 1.29 is 4.42 Å². The third-order valence-corrected chi connectivity index (χ3v) is 11.7. The van der Waals surface area contributed by atoms with Gasteiger partial charge in [-0.2, -0.15) is 9.97 Å². The van der Waals surface area contributed by atoms with Crippen LogP contribution in [0.4, 0.5) is 0 Å². The zero-order valence-corrected chi connectivity index (χ0v) is 31.5. The van der Waals surface area contributed by atoms with E-state index in [0.717, 1.165) is 60.6 Å². The van der Waals surface area contributed by atoms with Crippen LogP contribution in [0.25, 0.3) is 94.7 Å². The molecule has 0 atom stereocenters. The number of fused-ring (bicyclic) bond motifs is 6. The Bertz CT molecular complexity index is 3130. The first-order valence-electron chi connectivity index (χ1n) is 18.8. The summed E-state index contributed by atoms with van der Waals surface area (Å²) in [6, 6.07) is 48.4. The van der Waals surface area contributed by atoms with Crippen molar-refractivity contribution in [1.82, 2.24) is 19.5 Å². The molecule has 0 radical (unpaired) electrons. The van der Waals surface area contributed by atoms with E-state index in [1.807, 2.05) is 36.4 Å². The molecule has 0 saturated carbocycles. The predicted octanol–water partition coefficient (Wildman–Crippen LogP) is 2.83. The number of para-hydroxylation sites is 1. The van der Waals surface area contributed by atoms with Crippen molar-refractivity contribution in [1.29, 1.82) is 0 Å². The SMILES string of the molecule is Bc1c(B)c(B)c(-c2cccc3c2c2ccccc2n3-c2nc(-c3ccccc3)nc(-c3cccc4oc5ccc(-c6ccccc6)cc5c34)n2)c(B)c1B. The molecule has 0 fully saturated rings. The van der Waals surface area contributed by atoms with E-state index in [1.54, 1.807) is 0 Å². The Balaban J connectivity index is 1.27. The molecular weight excluding hydrogens is 667 g/mol. The maximum absolute atomic E-state index is 6.46. The highest BCUT2D eigenvalue weighted by molar-refractivity contribution is 6.69. The highest BCUT2D eigenvalue weighted by Crippen LogP contribution is 2.40. The fraction of sp³-hybridized carbons (Fsp3) is 0. The molecule has 10 heteroatoms. The van der Waals surface area contributed by atoms with E-state index in [9.17, 15) is 0 Å². The first kappa shape index (κ1) is 33.1. The highest BCUT2D eigenvalue weighted by atomic mass is 16.3. The average Bonchev–Trinajstić information content (AvgIpc) is 3.79. The molecule has 0 bridgehead atoms. The van der Waals surface area contributed by atoms with Gasteiger partial charge in [-0.25, -0.2) is 4.98 Å². The van der Waals surface area contributed by atoms with E-state index in [0.29, 0.717) is 17.6 Å². The van der Waals surface area contributed by atoms with Gasteiger partial charge in [0.2, 0.25) is 5.95 Å². The third-order valence-electron chi connectivity index (χ3n) is 11.7. The van der Waals surface area contributed by atoms with Gasteiger partial charge < -0.3 is 4.42 Å². The second kappa shape index (κ2) is 12.8. The largest absolute Gasteiger partial charge is 0.456 e. The summed E-state index contributed by atoms with van der Waals surface area (Å²) in [7, 11) is 11.2. The van der Waals surface area contributed by atoms with E-state index in [4.69, 9.17) is 19.4 Å². The van der Waals surface area contributed by atoms with Crippen molar-refractivity contribution in [2.75, 3.05) is 0 Å². The summed E-state index contributed by atoms with van der Waals surface area (Å²) in [6.07, 6.45) is 0. The van der Waals surface area contributed by atoms with Gasteiger partial charge in [0.25, 0.3) is 0 Å². The molecule has 55 heavy (non-hydrogen) atoms. The molecule has 10 aromatic rings. The molecule has 254 valence electrons. The Kier molecular flexibility index (Phi) is 7.70. The van der Waals surface area contributed by atoms with Gasteiger partial charge in [0.15, 0.2) is 11.6 Å². The van der Waals surface area contributed by atoms with Crippen LogP contribution < -0.4 is 27.3 Å². The number of benzene rings is 7. The van der Waals surface area contributed by atoms with Crippen LogP contribution in [-0.4, -0.2) is 58.8 Å². The van der Waals surface area contributed by atoms with Crippen LogP contribution >= 0.6 is 0 Å². The lowest BCUT2D eigenvalue weighted by Gasteiger charge is -2.21. The zero-order chi connectivity index (χ0) is 37.4. The molecule has 0 N–H and O–H groups in total. The van der Waals surface area contributed by atoms with Crippen molar-refractivity contribution in [3.63, 3.8) is 0 Å². The minimum atomic E-state index is 0.562. The van der Waals surface area contributed by atoms with Crippen LogP contribution in [-0.2, 0) is 0 Å². The van der Waals surface area contributed by atoms with Crippen molar-refractivity contribution in [2.45, 2.75) is 0 Å². The summed E-state index contributed by atoms with van der Waals surface area (Å²) in [5.74, 6) is 1.75. The van der Waals surface area contributed by atoms with E-state index < -0.39 is 0 Å². The molecule has 3 aromatic heterocycles. The van der Waals surface area contributed by atoms with Crippen LogP contribution in [0.1, 0.15) is 0 Å². The lowest BCUT2D eigenvalue weighted by molar-refractivity contribution is 0.669. The third kappa shape index (κ3) is 5.19. The fourth-order valence-electron chi connectivity index (χ4n) is 8.47. The number of aromatic nitrogens is 4. The maximum Gasteiger partial charge on any atom is 0.238 e. The van der Waals surface area contributed by atoms with E-state index in [-0.39, 0.29) is 0 Å². The lowest BCUT2D eigenvalue weighted by Crippen LogP contribution is -2.55. The summed E-state index contributed by atoms with van der Waals surface area (Å²) in [4.78, 5) is 15.8. The first-order valence-corrected chi connectivity index (χ1v) is 18.8. The summed E-state index contributed by atoms with van der Waals surface area (Å²) >= 11 is 0. The number of rotatable bonds is 5. The van der Waals surface area contributed by atoms with Crippen LogP contribution in [0, 0.1) is 0 Å². The second-order valence-electron chi connectivity index (χ2n) is 14.6. The molecule has 0 saturated heterocycles. The normalized spacial score (nSPS) is 11.6. The van der Waals surface area contributed by atoms with Gasteiger partial charge in [-0.1, -0.05) is 120 Å². The molecule has 0 amide bonds. The first-order chi connectivity index (χ1) is 26.9. The smallest absolute Gasteiger partial charge is 0.238 e. The Morgan fingerprint density at radius 3 is 1.80 bits per heavy atom. The number of nitrogens with zero attached hydrogens (tertiary/aromatic N) is 4. The number of hydrogen-bond acceptors (Lipinski definition) is 4. The lowest BCUT2D eigenvalue weighted by atomic mass is 9.59. The summed E-state index contributed by atoms with van der Waals surface area (Å²) < 4.78 is 8.67. The van der Waals surface area contributed by atoms with Crippen LogP contribution in [0.5, 0.6) is 0 Å². The molecule has 0 aliphatic heterocycles. The van der Waals surface area contributed by atoms with Gasteiger partial charge in [-0.15, -0.1) is 16.4 Å². The molecular formula is C45H33B5N4O. The van der Waals surface area contributed by atoms with Crippen molar-refractivity contribution >= 4 is 110 Å². The molecule has 0 spiro atoms. The van der Waals surface area contributed by atoms with E-state index in [2.05, 4.69) is 147 Å². The predicted molar refractivity (Wildman–Crippen MR) is 244 cm³/mol. The molecule has 0 unspecified atom stereocenters. The summed E-state index contributed by atoms with van der Waals surface area (Å²) in [5.41, 5.74) is 16.9. The molecule has 7 aromatic carbocycles. The van der Waals surface area contributed by atoms with Gasteiger partial charge >= 0.3 is 0 Å².